The van der Waals surface area contributed by atoms with Gasteiger partial charge < -0.3 is 34.9 Å². The SMILES string of the molecule is COc1ccc(NC(=O)CSc2cccc(NC(=O)/C(=C\c3cc(OC)c(OC)c(OC)c3)NC(=O)c3ccccc3)c2)cc1Cl. The van der Waals surface area contributed by atoms with Gasteiger partial charge >= 0.3 is 0 Å². The van der Waals surface area contributed by atoms with E-state index in [4.69, 9.17) is 30.5 Å². The third kappa shape index (κ3) is 8.96. The van der Waals surface area contributed by atoms with Crippen molar-refractivity contribution in [2.75, 3.05) is 44.8 Å². The molecule has 3 N–H and O–H groups in total. The molecule has 0 aliphatic rings. The van der Waals surface area contributed by atoms with Crippen LogP contribution in [0.15, 0.2) is 95.5 Å². The normalized spacial score (nSPS) is 10.8. The van der Waals surface area contributed by atoms with Crippen molar-refractivity contribution in [3.05, 3.63) is 107 Å². The fraction of sp³-hybridized carbons (Fsp3) is 0.147. The molecule has 0 unspecified atom stereocenters. The Morgan fingerprint density at radius 1 is 0.739 bits per heavy atom. The van der Waals surface area contributed by atoms with Crippen LogP contribution < -0.4 is 34.9 Å². The highest BCUT2D eigenvalue weighted by Gasteiger charge is 2.18. The highest BCUT2D eigenvalue weighted by molar-refractivity contribution is 8.00. The van der Waals surface area contributed by atoms with E-state index in [0.717, 1.165) is 4.90 Å². The Labute approximate surface area is 276 Å². The second-order valence-corrected chi connectivity index (χ2v) is 11.0. The summed E-state index contributed by atoms with van der Waals surface area (Å²) in [4.78, 5) is 40.0. The Morgan fingerprint density at radius 2 is 1.41 bits per heavy atom. The quantitative estimate of drug-likeness (QED) is 0.109. The molecule has 0 aliphatic carbocycles. The predicted molar refractivity (Wildman–Crippen MR) is 180 cm³/mol. The fourth-order valence-corrected chi connectivity index (χ4v) is 5.26. The molecule has 0 atom stereocenters. The molecule has 0 saturated carbocycles. The lowest BCUT2D eigenvalue weighted by atomic mass is 10.1. The minimum Gasteiger partial charge on any atom is -0.495 e. The zero-order chi connectivity index (χ0) is 33.1. The van der Waals surface area contributed by atoms with Gasteiger partial charge in [-0.3, -0.25) is 14.4 Å². The number of amides is 3. The monoisotopic (exact) mass is 661 g/mol. The average molecular weight is 662 g/mol. The second-order valence-electron chi connectivity index (χ2n) is 9.50. The first-order valence-corrected chi connectivity index (χ1v) is 15.2. The Kier molecular flexibility index (Phi) is 11.9. The van der Waals surface area contributed by atoms with Gasteiger partial charge in [0.15, 0.2) is 11.5 Å². The Bertz CT molecular complexity index is 1720. The number of hydrogen-bond acceptors (Lipinski definition) is 8. The van der Waals surface area contributed by atoms with Crippen LogP contribution in [0.2, 0.25) is 5.02 Å². The highest BCUT2D eigenvalue weighted by Crippen LogP contribution is 2.38. The molecule has 0 radical (unpaired) electrons. The van der Waals surface area contributed by atoms with Crippen LogP contribution >= 0.6 is 23.4 Å². The number of carbonyl (C=O) groups is 3. The topological polar surface area (TPSA) is 124 Å². The second kappa shape index (κ2) is 16.3. The van der Waals surface area contributed by atoms with E-state index in [0.29, 0.717) is 50.5 Å². The molecule has 4 aromatic carbocycles. The number of methoxy groups -OCH3 is 4. The summed E-state index contributed by atoms with van der Waals surface area (Å²) in [5, 5.41) is 8.74. The molecule has 0 aromatic heterocycles. The summed E-state index contributed by atoms with van der Waals surface area (Å²) >= 11 is 7.44. The summed E-state index contributed by atoms with van der Waals surface area (Å²) in [5.74, 6) is 0.487. The van der Waals surface area contributed by atoms with E-state index in [2.05, 4.69) is 16.0 Å². The predicted octanol–water partition coefficient (Wildman–Crippen LogP) is 6.51. The molecule has 46 heavy (non-hydrogen) atoms. The smallest absolute Gasteiger partial charge is 0.272 e. The summed E-state index contributed by atoms with van der Waals surface area (Å²) in [5.41, 5.74) is 1.86. The highest BCUT2D eigenvalue weighted by atomic mass is 35.5. The molecule has 0 aliphatic heterocycles. The van der Waals surface area contributed by atoms with Crippen LogP contribution in [-0.4, -0.2) is 51.9 Å². The van der Waals surface area contributed by atoms with Gasteiger partial charge in [-0.2, -0.15) is 0 Å². The van der Waals surface area contributed by atoms with Crippen LogP contribution in [0.4, 0.5) is 11.4 Å². The lowest BCUT2D eigenvalue weighted by molar-refractivity contribution is -0.114. The van der Waals surface area contributed by atoms with Crippen LogP contribution in [0, 0.1) is 0 Å². The molecular weight excluding hydrogens is 630 g/mol. The van der Waals surface area contributed by atoms with Gasteiger partial charge in [0.2, 0.25) is 11.7 Å². The lowest BCUT2D eigenvalue weighted by Crippen LogP contribution is -2.30. The number of hydrogen-bond donors (Lipinski definition) is 3. The maximum Gasteiger partial charge on any atom is 0.272 e. The van der Waals surface area contributed by atoms with Crippen LogP contribution in [0.3, 0.4) is 0 Å². The molecule has 0 bridgehead atoms. The Hall–Kier alpha value is -5.13. The summed E-state index contributed by atoms with van der Waals surface area (Å²) in [6, 6.07) is 23.8. The first kappa shape index (κ1) is 33.8. The number of benzene rings is 4. The molecule has 0 saturated heterocycles. The van der Waals surface area contributed by atoms with Gasteiger partial charge in [-0.15, -0.1) is 11.8 Å². The molecule has 0 fully saturated rings. The summed E-state index contributed by atoms with van der Waals surface area (Å²) in [6.45, 7) is 0. The molecule has 12 heteroatoms. The molecular formula is C34H32ClN3O7S. The van der Waals surface area contributed by atoms with Crippen molar-refractivity contribution in [3.8, 4) is 23.0 Å². The molecule has 4 rings (SSSR count). The van der Waals surface area contributed by atoms with Gasteiger partial charge in [0.05, 0.1) is 39.2 Å². The number of nitrogens with one attached hydrogen (secondary N) is 3. The average Bonchev–Trinajstić information content (AvgIpc) is 3.07. The van der Waals surface area contributed by atoms with E-state index >= 15 is 0 Å². The van der Waals surface area contributed by atoms with Gasteiger partial charge in [-0.05, 0) is 72.3 Å². The number of halogens is 1. The van der Waals surface area contributed by atoms with Gasteiger partial charge in [0.25, 0.3) is 11.8 Å². The summed E-state index contributed by atoms with van der Waals surface area (Å²) < 4.78 is 21.4. The third-order valence-electron chi connectivity index (χ3n) is 6.42. The number of ether oxygens (including phenoxy) is 4. The molecule has 238 valence electrons. The molecule has 10 nitrogen and oxygen atoms in total. The molecule has 4 aromatic rings. The lowest BCUT2D eigenvalue weighted by Gasteiger charge is -2.15. The molecule has 0 spiro atoms. The number of thioether (sulfide) groups is 1. The van der Waals surface area contributed by atoms with E-state index in [1.807, 2.05) is 6.07 Å². The van der Waals surface area contributed by atoms with Crippen molar-refractivity contribution < 1.29 is 33.3 Å². The zero-order valence-corrected chi connectivity index (χ0v) is 27.1. The first-order valence-electron chi connectivity index (χ1n) is 13.8. The van der Waals surface area contributed by atoms with Gasteiger partial charge in [0.1, 0.15) is 11.4 Å². The van der Waals surface area contributed by atoms with Gasteiger partial charge in [0, 0.05) is 21.8 Å². The van der Waals surface area contributed by atoms with Gasteiger partial charge in [-0.25, -0.2) is 0 Å². The van der Waals surface area contributed by atoms with Crippen molar-refractivity contribution in [1.29, 1.82) is 0 Å². The van der Waals surface area contributed by atoms with Crippen molar-refractivity contribution in [2.24, 2.45) is 0 Å². The zero-order valence-electron chi connectivity index (χ0n) is 25.5. The van der Waals surface area contributed by atoms with E-state index in [1.165, 1.54) is 46.3 Å². The van der Waals surface area contributed by atoms with E-state index in [1.54, 1.807) is 78.9 Å². The van der Waals surface area contributed by atoms with Crippen LogP contribution in [-0.2, 0) is 9.59 Å². The summed E-state index contributed by atoms with van der Waals surface area (Å²) in [6.07, 6.45) is 1.51. The van der Waals surface area contributed by atoms with Crippen LogP contribution in [0.25, 0.3) is 6.08 Å². The Morgan fingerprint density at radius 3 is 2.04 bits per heavy atom. The maximum atomic E-state index is 13.6. The van der Waals surface area contributed by atoms with Gasteiger partial charge in [-0.1, -0.05) is 35.9 Å². The van der Waals surface area contributed by atoms with Crippen molar-refractivity contribution in [2.45, 2.75) is 4.90 Å². The van der Waals surface area contributed by atoms with E-state index < -0.39 is 11.8 Å². The first-order chi connectivity index (χ1) is 22.2. The van der Waals surface area contributed by atoms with Crippen LogP contribution in [0.1, 0.15) is 15.9 Å². The standard InChI is InChI=1S/C34H32ClN3O7S/c1-42-28-14-13-24(19-26(28)35)36-31(39)20-46-25-12-8-11-23(18-25)37-34(41)27(38-33(40)22-9-6-5-7-10-22)15-21-16-29(43-2)32(45-4)30(17-21)44-3/h5-19H,20H2,1-4H3,(H,36,39)(H,37,41)(H,38,40)/b27-15+. The molecule has 3 amide bonds. The van der Waals surface area contributed by atoms with Crippen molar-refractivity contribution in [3.63, 3.8) is 0 Å². The number of carbonyl (C=O) groups excluding carboxylic acids is 3. The van der Waals surface area contributed by atoms with E-state index in [9.17, 15) is 14.4 Å². The number of anilines is 2. The minimum atomic E-state index is -0.575. The maximum absolute atomic E-state index is 13.6. The van der Waals surface area contributed by atoms with Crippen LogP contribution in [0.5, 0.6) is 23.0 Å². The molecule has 0 heterocycles. The third-order valence-corrected chi connectivity index (χ3v) is 7.71. The van der Waals surface area contributed by atoms with Crippen molar-refractivity contribution >= 4 is 58.5 Å². The summed E-state index contributed by atoms with van der Waals surface area (Å²) in [7, 11) is 5.97. The minimum absolute atomic E-state index is 0.0290. The van der Waals surface area contributed by atoms with Crippen molar-refractivity contribution in [1.82, 2.24) is 5.32 Å². The largest absolute Gasteiger partial charge is 0.495 e. The fourth-order valence-electron chi connectivity index (χ4n) is 4.25. The van der Waals surface area contributed by atoms with E-state index in [-0.39, 0.29) is 17.4 Å². The number of rotatable bonds is 13. The Balaban J connectivity index is 1.52.